The molecule has 0 fully saturated rings. The molecule has 2 N–H and O–H groups in total. The van der Waals surface area contributed by atoms with Crippen molar-refractivity contribution >= 4 is 16.9 Å². The zero-order valence-electron chi connectivity index (χ0n) is 14.2. The average Bonchev–Trinajstić information content (AvgIpc) is 2.99. The third kappa shape index (κ3) is 4.06. The van der Waals surface area contributed by atoms with Crippen LogP contribution in [0.15, 0.2) is 40.9 Å². The fourth-order valence-electron chi connectivity index (χ4n) is 2.36. The molecule has 25 heavy (non-hydrogen) atoms. The smallest absolute Gasteiger partial charge is 0.408 e. The Morgan fingerprint density at radius 2 is 2.08 bits per heavy atom. The van der Waals surface area contributed by atoms with Gasteiger partial charge in [-0.15, -0.1) is 0 Å². The topological polar surface area (TPSA) is 97.5 Å². The van der Waals surface area contributed by atoms with Crippen molar-refractivity contribution < 1.29 is 19.2 Å². The molecular weight excluding hydrogens is 322 g/mol. The van der Waals surface area contributed by atoms with Crippen molar-refractivity contribution in [2.24, 2.45) is 0 Å². The SMILES string of the molecule is CC(C)(C)OC(=O)NCc1noc(-c2cccc3cc(O)ccc23)n1. The Kier molecular flexibility index (Phi) is 4.31. The van der Waals surface area contributed by atoms with Crippen LogP contribution in [0.25, 0.3) is 22.2 Å². The fraction of sp³-hybridized carbons (Fsp3) is 0.278. The molecule has 0 aliphatic heterocycles. The normalized spacial score (nSPS) is 11.5. The number of benzene rings is 2. The maximum absolute atomic E-state index is 11.7. The second kappa shape index (κ2) is 6.43. The minimum atomic E-state index is -0.568. The number of alkyl carbamates (subject to hydrolysis) is 1. The molecular formula is C18H19N3O4. The number of fused-ring (bicyclic) bond motifs is 1. The molecule has 0 saturated heterocycles. The van der Waals surface area contributed by atoms with Crippen molar-refractivity contribution in [1.82, 2.24) is 15.5 Å². The van der Waals surface area contributed by atoms with Crippen LogP contribution in [0.3, 0.4) is 0 Å². The number of nitrogens with one attached hydrogen (secondary N) is 1. The van der Waals surface area contributed by atoms with Crippen LogP contribution in [0.2, 0.25) is 0 Å². The Bertz CT molecular complexity index is 912. The van der Waals surface area contributed by atoms with E-state index in [9.17, 15) is 9.90 Å². The number of nitrogens with zero attached hydrogens (tertiary/aromatic N) is 2. The minimum absolute atomic E-state index is 0.101. The first kappa shape index (κ1) is 16.8. The van der Waals surface area contributed by atoms with Gasteiger partial charge in [0, 0.05) is 5.56 Å². The van der Waals surface area contributed by atoms with Crippen LogP contribution in [0, 0.1) is 0 Å². The summed E-state index contributed by atoms with van der Waals surface area (Å²) in [6, 6.07) is 10.7. The van der Waals surface area contributed by atoms with Crippen molar-refractivity contribution in [3.05, 3.63) is 42.2 Å². The highest BCUT2D eigenvalue weighted by Gasteiger charge is 2.17. The monoisotopic (exact) mass is 341 g/mol. The molecule has 7 heteroatoms. The Labute approximate surface area is 144 Å². The van der Waals surface area contributed by atoms with Gasteiger partial charge in [0.15, 0.2) is 5.82 Å². The molecule has 0 atom stereocenters. The van der Waals surface area contributed by atoms with E-state index in [0.717, 1.165) is 16.3 Å². The summed E-state index contributed by atoms with van der Waals surface area (Å²) in [5, 5.41) is 17.8. The molecule has 0 saturated carbocycles. The third-order valence-electron chi connectivity index (χ3n) is 3.35. The van der Waals surface area contributed by atoms with Gasteiger partial charge in [0.2, 0.25) is 0 Å². The largest absolute Gasteiger partial charge is 0.508 e. The van der Waals surface area contributed by atoms with Gasteiger partial charge in [0.05, 0.1) is 6.54 Å². The van der Waals surface area contributed by atoms with E-state index in [4.69, 9.17) is 9.26 Å². The molecule has 1 aromatic heterocycles. The molecule has 3 aromatic rings. The van der Waals surface area contributed by atoms with Crippen molar-refractivity contribution in [2.75, 3.05) is 0 Å². The molecule has 0 unspecified atom stereocenters. The number of aromatic hydroxyl groups is 1. The lowest BCUT2D eigenvalue weighted by molar-refractivity contribution is 0.0522. The van der Waals surface area contributed by atoms with Gasteiger partial charge in [-0.25, -0.2) is 4.79 Å². The molecule has 0 aliphatic carbocycles. The molecule has 7 nitrogen and oxygen atoms in total. The zero-order valence-corrected chi connectivity index (χ0v) is 14.2. The molecule has 3 rings (SSSR count). The summed E-state index contributed by atoms with van der Waals surface area (Å²) in [5.41, 5.74) is 0.189. The predicted molar refractivity (Wildman–Crippen MR) is 92.0 cm³/mol. The van der Waals surface area contributed by atoms with Crippen LogP contribution in [-0.4, -0.2) is 26.9 Å². The Morgan fingerprint density at radius 3 is 2.84 bits per heavy atom. The van der Waals surface area contributed by atoms with Gasteiger partial charge in [-0.1, -0.05) is 17.3 Å². The molecule has 0 bridgehead atoms. The van der Waals surface area contributed by atoms with Gasteiger partial charge >= 0.3 is 6.09 Å². The summed E-state index contributed by atoms with van der Waals surface area (Å²) in [6.45, 7) is 5.47. The molecule has 2 aromatic carbocycles. The summed E-state index contributed by atoms with van der Waals surface area (Å²) in [7, 11) is 0. The van der Waals surface area contributed by atoms with Gasteiger partial charge in [-0.05, 0) is 55.8 Å². The maximum atomic E-state index is 11.7. The lowest BCUT2D eigenvalue weighted by atomic mass is 10.0. The highest BCUT2D eigenvalue weighted by atomic mass is 16.6. The van der Waals surface area contributed by atoms with Gasteiger partial charge in [0.25, 0.3) is 5.89 Å². The van der Waals surface area contributed by atoms with Gasteiger partial charge in [0.1, 0.15) is 11.4 Å². The molecule has 130 valence electrons. The first-order chi connectivity index (χ1) is 11.8. The number of amides is 1. The van der Waals surface area contributed by atoms with Crippen LogP contribution in [0.5, 0.6) is 5.75 Å². The van der Waals surface area contributed by atoms with Crippen molar-refractivity contribution in [2.45, 2.75) is 32.9 Å². The summed E-state index contributed by atoms with van der Waals surface area (Å²) in [5.74, 6) is 0.881. The Balaban J connectivity index is 1.77. The predicted octanol–water partition coefficient (Wildman–Crippen LogP) is 3.62. The van der Waals surface area contributed by atoms with E-state index in [0.29, 0.717) is 11.7 Å². The summed E-state index contributed by atoms with van der Waals surface area (Å²) in [6.07, 6.45) is -0.542. The highest BCUT2D eigenvalue weighted by Crippen LogP contribution is 2.29. The van der Waals surface area contributed by atoms with Crippen molar-refractivity contribution in [1.29, 1.82) is 0 Å². The lowest BCUT2D eigenvalue weighted by Crippen LogP contribution is -2.32. The van der Waals surface area contributed by atoms with Crippen molar-refractivity contribution in [3.63, 3.8) is 0 Å². The average molecular weight is 341 g/mol. The number of aromatic nitrogens is 2. The molecule has 1 heterocycles. The van der Waals surface area contributed by atoms with Gasteiger partial charge in [-0.3, -0.25) is 0 Å². The van der Waals surface area contributed by atoms with Crippen LogP contribution in [0.4, 0.5) is 4.79 Å². The fourth-order valence-corrected chi connectivity index (χ4v) is 2.36. The van der Waals surface area contributed by atoms with Crippen LogP contribution < -0.4 is 5.32 Å². The number of carbonyl (C=O) groups is 1. The van der Waals surface area contributed by atoms with Crippen LogP contribution >= 0.6 is 0 Å². The van der Waals surface area contributed by atoms with Gasteiger partial charge in [-0.2, -0.15) is 4.98 Å². The minimum Gasteiger partial charge on any atom is -0.508 e. The summed E-state index contributed by atoms with van der Waals surface area (Å²) < 4.78 is 10.5. The van der Waals surface area contributed by atoms with E-state index in [1.165, 1.54) is 0 Å². The molecule has 0 aliphatic rings. The zero-order chi connectivity index (χ0) is 18.0. The molecule has 0 spiro atoms. The lowest BCUT2D eigenvalue weighted by Gasteiger charge is -2.19. The first-order valence-corrected chi connectivity index (χ1v) is 7.83. The molecule has 0 radical (unpaired) electrons. The number of ether oxygens (including phenoxy) is 1. The van der Waals surface area contributed by atoms with Crippen molar-refractivity contribution in [3.8, 4) is 17.2 Å². The Hall–Kier alpha value is -3.09. The number of hydrogen-bond acceptors (Lipinski definition) is 6. The number of phenolic OH excluding ortho intramolecular Hbond substituents is 1. The quantitative estimate of drug-likeness (QED) is 0.755. The number of rotatable bonds is 3. The van der Waals surface area contributed by atoms with E-state index in [-0.39, 0.29) is 12.3 Å². The second-order valence-electron chi connectivity index (χ2n) is 6.58. The second-order valence-corrected chi connectivity index (χ2v) is 6.58. The third-order valence-corrected chi connectivity index (χ3v) is 3.35. The van der Waals surface area contributed by atoms with E-state index in [1.807, 2.05) is 18.2 Å². The highest BCUT2D eigenvalue weighted by molar-refractivity contribution is 5.95. The number of hydrogen-bond donors (Lipinski definition) is 2. The van der Waals surface area contributed by atoms with E-state index >= 15 is 0 Å². The van der Waals surface area contributed by atoms with Gasteiger partial charge < -0.3 is 19.7 Å². The summed E-state index contributed by atoms with van der Waals surface area (Å²) in [4.78, 5) is 16.0. The van der Waals surface area contributed by atoms with E-state index in [1.54, 1.807) is 39.0 Å². The van der Waals surface area contributed by atoms with Crippen LogP contribution in [0.1, 0.15) is 26.6 Å². The number of carbonyl (C=O) groups excluding carboxylic acids is 1. The number of phenols is 1. The van der Waals surface area contributed by atoms with E-state index < -0.39 is 11.7 Å². The van der Waals surface area contributed by atoms with E-state index in [2.05, 4.69) is 15.5 Å². The maximum Gasteiger partial charge on any atom is 0.408 e. The molecule has 1 amide bonds. The Morgan fingerprint density at radius 1 is 1.28 bits per heavy atom. The summed E-state index contributed by atoms with van der Waals surface area (Å²) >= 11 is 0. The standard InChI is InChI=1S/C18H19N3O4/c1-18(2,3)24-17(23)19-10-15-20-16(25-21-15)14-6-4-5-11-9-12(22)7-8-13(11)14/h4-9,22H,10H2,1-3H3,(H,19,23). The van der Waals surface area contributed by atoms with Crippen LogP contribution in [-0.2, 0) is 11.3 Å². The first-order valence-electron chi connectivity index (χ1n) is 7.83.